The Kier molecular flexibility index (Phi) is 12.4. The van der Waals surface area contributed by atoms with Crippen molar-refractivity contribution in [2.24, 2.45) is 0 Å². The topological polar surface area (TPSA) is 88.8 Å². The van der Waals surface area contributed by atoms with Crippen molar-refractivity contribution in [2.75, 3.05) is 31.0 Å². The molecule has 0 spiro atoms. The van der Waals surface area contributed by atoms with Gasteiger partial charge in [-0.25, -0.2) is 8.42 Å². The number of hydrogen-bond donors (Lipinski definition) is 1. The minimum atomic E-state index is -3.78. The summed E-state index contributed by atoms with van der Waals surface area (Å²) in [6.07, 6.45) is 8.23. The van der Waals surface area contributed by atoms with Crippen LogP contribution in [0.25, 0.3) is 11.0 Å². The van der Waals surface area contributed by atoms with Gasteiger partial charge in [0.15, 0.2) is 5.78 Å². The third kappa shape index (κ3) is 8.96. The van der Waals surface area contributed by atoms with E-state index in [1.807, 2.05) is 12.1 Å². The monoisotopic (exact) mass is 618 g/mol. The van der Waals surface area contributed by atoms with Gasteiger partial charge < -0.3 is 14.1 Å². The third-order valence-corrected chi connectivity index (χ3v) is 9.11. The van der Waals surface area contributed by atoms with E-state index in [0.29, 0.717) is 46.6 Å². The lowest BCUT2D eigenvalue weighted by Gasteiger charge is -2.21. The molecule has 3 aromatic carbocycles. The molecule has 0 saturated heterocycles. The van der Waals surface area contributed by atoms with E-state index >= 15 is 0 Å². The smallest absolute Gasteiger partial charge is 0.261 e. The first-order chi connectivity index (χ1) is 21.4. The molecule has 44 heavy (non-hydrogen) atoms. The molecule has 0 saturated carbocycles. The Morgan fingerprint density at radius 3 is 2.14 bits per heavy atom. The van der Waals surface area contributed by atoms with Gasteiger partial charge in [-0.05, 0) is 93.4 Å². The summed E-state index contributed by atoms with van der Waals surface area (Å²) in [6.45, 7) is 10.5. The normalized spacial score (nSPS) is 11.7. The van der Waals surface area contributed by atoms with Crippen molar-refractivity contribution in [2.45, 2.75) is 77.0 Å². The number of ketones is 1. The van der Waals surface area contributed by atoms with Gasteiger partial charge >= 0.3 is 0 Å². The maximum Gasteiger partial charge on any atom is 0.261 e. The molecule has 1 heterocycles. The number of hydrogen-bond acceptors (Lipinski definition) is 6. The number of carbonyl (C=O) groups excluding carboxylic acids is 1. The van der Waals surface area contributed by atoms with Crippen LogP contribution in [0.3, 0.4) is 0 Å². The van der Waals surface area contributed by atoms with Gasteiger partial charge in [0.05, 0.1) is 17.1 Å². The number of anilines is 1. The van der Waals surface area contributed by atoms with E-state index in [4.69, 9.17) is 9.15 Å². The van der Waals surface area contributed by atoms with Gasteiger partial charge in [-0.15, -0.1) is 0 Å². The van der Waals surface area contributed by atoms with Crippen molar-refractivity contribution >= 4 is 32.5 Å². The van der Waals surface area contributed by atoms with Crippen molar-refractivity contribution in [1.29, 1.82) is 0 Å². The first-order valence-corrected chi connectivity index (χ1v) is 17.5. The number of fused-ring (bicyclic) bond motifs is 1. The van der Waals surface area contributed by atoms with E-state index in [2.05, 4.69) is 30.4 Å². The highest BCUT2D eigenvalue weighted by molar-refractivity contribution is 7.92. The van der Waals surface area contributed by atoms with Crippen LogP contribution in [0.15, 0.2) is 82.1 Å². The fourth-order valence-corrected chi connectivity index (χ4v) is 6.28. The first-order valence-electron chi connectivity index (χ1n) is 16.0. The summed E-state index contributed by atoms with van der Waals surface area (Å²) in [5.41, 5.74) is 1.92. The number of nitrogens with zero attached hydrogens (tertiary/aromatic N) is 1. The van der Waals surface area contributed by atoms with Crippen molar-refractivity contribution in [3.8, 4) is 5.75 Å². The predicted octanol–water partition coefficient (Wildman–Crippen LogP) is 8.48. The Morgan fingerprint density at radius 2 is 1.48 bits per heavy atom. The average Bonchev–Trinajstić information content (AvgIpc) is 3.40. The second kappa shape index (κ2) is 16.5. The van der Waals surface area contributed by atoms with Gasteiger partial charge in [-0.2, -0.15) is 0 Å². The molecule has 1 aromatic heterocycles. The Bertz CT molecular complexity index is 1570. The zero-order chi connectivity index (χ0) is 31.4. The van der Waals surface area contributed by atoms with E-state index in [9.17, 15) is 13.2 Å². The highest BCUT2D eigenvalue weighted by Gasteiger charge is 2.23. The predicted molar refractivity (Wildman–Crippen MR) is 178 cm³/mol. The van der Waals surface area contributed by atoms with E-state index in [-0.39, 0.29) is 10.7 Å². The number of aryl methyl sites for hydroxylation is 1. The Hall–Kier alpha value is -3.62. The summed E-state index contributed by atoms with van der Waals surface area (Å²) >= 11 is 0. The molecule has 0 aliphatic carbocycles. The molecule has 0 atom stereocenters. The van der Waals surface area contributed by atoms with Crippen LogP contribution in [0.2, 0.25) is 0 Å². The van der Waals surface area contributed by atoms with Gasteiger partial charge in [-0.3, -0.25) is 9.52 Å². The SMILES string of the molecule is CCCCc1oc2ccc(NS(=O)(=O)c3ccccc3)cc2c1C(=O)c1ccc(OCCCN(CCCC)CCCC)cc1. The highest BCUT2D eigenvalue weighted by atomic mass is 32.2. The summed E-state index contributed by atoms with van der Waals surface area (Å²) in [7, 11) is -3.78. The molecule has 0 amide bonds. The molecule has 1 N–H and O–H groups in total. The van der Waals surface area contributed by atoms with Crippen molar-refractivity contribution in [3.05, 3.63) is 89.7 Å². The van der Waals surface area contributed by atoms with Gasteiger partial charge in [-0.1, -0.05) is 58.2 Å². The summed E-state index contributed by atoms with van der Waals surface area (Å²) in [5, 5.41) is 0.588. The summed E-state index contributed by atoms with van der Waals surface area (Å²) in [5.74, 6) is 1.19. The van der Waals surface area contributed by atoms with Gasteiger partial charge in [0.1, 0.15) is 17.1 Å². The lowest BCUT2D eigenvalue weighted by molar-refractivity contribution is 0.103. The number of benzene rings is 3. The van der Waals surface area contributed by atoms with Crippen LogP contribution < -0.4 is 9.46 Å². The molecule has 7 nitrogen and oxygen atoms in total. The molecule has 0 radical (unpaired) electrons. The first kappa shape index (κ1) is 33.3. The highest BCUT2D eigenvalue weighted by Crippen LogP contribution is 2.32. The second-order valence-electron chi connectivity index (χ2n) is 11.2. The molecule has 8 heteroatoms. The minimum absolute atomic E-state index is 0.160. The quantitative estimate of drug-likeness (QED) is 0.0838. The number of carbonyl (C=O) groups is 1. The van der Waals surface area contributed by atoms with Gasteiger partial charge in [0.2, 0.25) is 0 Å². The third-order valence-electron chi connectivity index (χ3n) is 7.71. The minimum Gasteiger partial charge on any atom is -0.494 e. The molecule has 0 aliphatic heterocycles. The zero-order valence-electron chi connectivity index (χ0n) is 26.3. The Balaban J connectivity index is 1.49. The number of unbranched alkanes of at least 4 members (excludes halogenated alkanes) is 3. The maximum absolute atomic E-state index is 13.9. The van der Waals surface area contributed by atoms with Crippen LogP contribution in [-0.2, 0) is 16.4 Å². The second-order valence-corrected chi connectivity index (χ2v) is 12.9. The number of furan rings is 1. The Morgan fingerprint density at radius 1 is 0.818 bits per heavy atom. The summed E-state index contributed by atoms with van der Waals surface area (Å²) in [6, 6.07) is 20.5. The fourth-order valence-electron chi connectivity index (χ4n) is 5.21. The number of rotatable bonds is 19. The van der Waals surface area contributed by atoms with Crippen molar-refractivity contribution in [3.63, 3.8) is 0 Å². The number of sulfonamides is 1. The molecular weight excluding hydrogens is 572 g/mol. The Labute approximate surface area is 262 Å². The molecule has 0 aliphatic rings. The summed E-state index contributed by atoms with van der Waals surface area (Å²) < 4.78 is 40.7. The molecule has 4 aromatic rings. The van der Waals surface area contributed by atoms with Crippen LogP contribution in [0.5, 0.6) is 5.75 Å². The van der Waals surface area contributed by atoms with Crippen molar-refractivity contribution < 1.29 is 22.4 Å². The molecule has 0 fully saturated rings. The molecule has 0 unspecified atom stereocenters. The van der Waals surface area contributed by atoms with Crippen LogP contribution >= 0.6 is 0 Å². The van der Waals surface area contributed by atoms with Crippen LogP contribution in [-0.4, -0.2) is 45.3 Å². The lowest BCUT2D eigenvalue weighted by atomic mass is 9.98. The average molecular weight is 619 g/mol. The number of ether oxygens (including phenoxy) is 1. The van der Waals surface area contributed by atoms with Crippen LogP contribution in [0.1, 0.15) is 87.4 Å². The van der Waals surface area contributed by atoms with E-state index in [0.717, 1.165) is 44.6 Å². The lowest BCUT2D eigenvalue weighted by Crippen LogP contribution is -2.28. The molecule has 4 rings (SSSR count). The molecule has 0 bridgehead atoms. The van der Waals surface area contributed by atoms with Crippen molar-refractivity contribution in [1.82, 2.24) is 4.90 Å². The van der Waals surface area contributed by atoms with E-state index in [1.165, 1.54) is 25.7 Å². The molecular formula is C36H46N2O5S. The molecule has 236 valence electrons. The van der Waals surface area contributed by atoms with E-state index < -0.39 is 10.0 Å². The largest absolute Gasteiger partial charge is 0.494 e. The zero-order valence-corrected chi connectivity index (χ0v) is 27.1. The summed E-state index contributed by atoms with van der Waals surface area (Å²) in [4.78, 5) is 16.6. The van der Waals surface area contributed by atoms with Crippen LogP contribution in [0, 0.1) is 0 Å². The maximum atomic E-state index is 13.9. The van der Waals surface area contributed by atoms with E-state index in [1.54, 1.807) is 60.7 Å². The number of nitrogens with one attached hydrogen (secondary N) is 1. The fraction of sp³-hybridized carbons (Fsp3) is 0.417. The standard InChI is InChI=1S/C36H46N2O5S/c1-4-7-16-34-35(32-27-29(19-22-33(32)43-34)37-44(40,41)31-14-11-10-12-15-31)36(39)28-17-20-30(21-18-28)42-26-13-25-38(23-8-5-2)24-9-6-3/h10-12,14-15,17-22,27,37H,4-9,13,16,23-26H2,1-3H3. The van der Waals surface area contributed by atoms with Crippen LogP contribution in [0.4, 0.5) is 5.69 Å². The van der Waals surface area contributed by atoms with Gasteiger partial charge in [0, 0.05) is 29.6 Å². The van der Waals surface area contributed by atoms with Gasteiger partial charge in [0.25, 0.3) is 10.0 Å².